The maximum Gasteiger partial charge on any atom is 0.274 e. The molecule has 2 N–H and O–H groups in total. The summed E-state index contributed by atoms with van der Waals surface area (Å²) in [6, 6.07) is 15.4. The summed E-state index contributed by atoms with van der Waals surface area (Å²) in [5.74, 6) is -2.33. The van der Waals surface area contributed by atoms with Gasteiger partial charge in [0.15, 0.2) is 0 Å². The van der Waals surface area contributed by atoms with E-state index in [-0.39, 0.29) is 22.8 Å². The van der Waals surface area contributed by atoms with Crippen molar-refractivity contribution in [3.8, 4) is 0 Å². The molecule has 0 spiro atoms. The monoisotopic (exact) mass is 353 g/mol. The number of pyridine rings is 1. The van der Waals surface area contributed by atoms with Gasteiger partial charge in [0.2, 0.25) is 0 Å². The number of rotatable bonds is 4. The van der Waals surface area contributed by atoms with E-state index in [1.807, 2.05) is 0 Å². The zero-order valence-corrected chi connectivity index (χ0v) is 13.4. The van der Waals surface area contributed by atoms with E-state index in [9.17, 15) is 18.4 Å². The van der Waals surface area contributed by atoms with E-state index in [1.165, 1.54) is 54.6 Å². The number of nitrogens with zero attached hydrogens (tertiary/aromatic N) is 1. The van der Waals surface area contributed by atoms with Gasteiger partial charge >= 0.3 is 0 Å². The maximum absolute atomic E-state index is 13.6. The molecule has 3 aromatic rings. The minimum Gasteiger partial charge on any atom is -0.321 e. The Labute approximate surface area is 147 Å². The van der Waals surface area contributed by atoms with Crippen LogP contribution in [0.25, 0.3) is 0 Å². The zero-order valence-electron chi connectivity index (χ0n) is 13.4. The number of amides is 2. The van der Waals surface area contributed by atoms with Crippen molar-refractivity contribution in [2.24, 2.45) is 0 Å². The predicted molar refractivity (Wildman–Crippen MR) is 92.9 cm³/mol. The molecule has 3 rings (SSSR count). The second kappa shape index (κ2) is 7.52. The molecule has 0 atom stereocenters. The summed E-state index contributed by atoms with van der Waals surface area (Å²) in [7, 11) is 0. The molecule has 0 radical (unpaired) electrons. The summed E-state index contributed by atoms with van der Waals surface area (Å²) in [6.45, 7) is 0. The summed E-state index contributed by atoms with van der Waals surface area (Å²) in [4.78, 5) is 28.4. The average molecular weight is 353 g/mol. The molecule has 0 saturated heterocycles. The van der Waals surface area contributed by atoms with Gasteiger partial charge in [-0.3, -0.25) is 9.59 Å². The van der Waals surface area contributed by atoms with E-state index in [0.717, 1.165) is 6.07 Å². The molecule has 0 unspecified atom stereocenters. The summed E-state index contributed by atoms with van der Waals surface area (Å²) >= 11 is 0. The summed E-state index contributed by atoms with van der Waals surface area (Å²) in [5.41, 5.74) is 0.183. The van der Waals surface area contributed by atoms with Crippen molar-refractivity contribution in [2.45, 2.75) is 0 Å². The average Bonchev–Trinajstić information content (AvgIpc) is 2.63. The van der Waals surface area contributed by atoms with Gasteiger partial charge in [0.05, 0.1) is 5.69 Å². The Balaban J connectivity index is 1.76. The topological polar surface area (TPSA) is 71.1 Å². The Morgan fingerprint density at radius 3 is 2.12 bits per heavy atom. The van der Waals surface area contributed by atoms with E-state index in [2.05, 4.69) is 15.6 Å². The summed E-state index contributed by atoms with van der Waals surface area (Å²) < 4.78 is 26.8. The van der Waals surface area contributed by atoms with Gasteiger partial charge in [-0.05, 0) is 42.5 Å². The first-order chi connectivity index (χ1) is 12.5. The Kier molecular flexibility index (Phi) is 4.98. The van der Waals surface area contributed by atoms with Crippen LogP contribution in [0.1, 0.15) is 21.0 Å². The Bertz CT molecular complexity index is 976. The van der Waals surface area contributed by atoms with Crippen molar-refractivity contribution in [2.75, 3.05) is 10.6 Å². The van der Waals surface area contributed by atoms with Crippen LogP contribution in [0.4, 0.5) is 20.2 Å². The van der Waals surface area contributed by atoms with E-state index in [4.69, 9.17) is 0 Å². The molecule has 2 amide bonds. The lowest BCUT2D eigenvalue weighted by atomic mass is 10.2. The van der Waals surface area contributed by atoms with Gasteiger partial charge in [0, 0.05) is 5.69 Å². The van der Waals surface area contributed by atoms with Gasteiger partial charge in [0.1, 0.15) is 23.0 Å². The Morgan fingerprint density at radius 2 is 1.42 bits per heavy atom. The van der Waals surface area contributed by atoms with Crippen LogP contribution in [0.5, 0.6) is 0 Å². The van der Waals surface area contributed by atoms with E-state index >= 15 is 0 Å². The van der Waals surface area contributed by atoms with Gasteiger partial charge in [-0.2, -0.15) is 0 Å². The van der Waals surface area contributed by atoms with Crippen molar-refractivity contribution >= 4 is 23.2 Å². The maximum atomic E-state index is 13.6. The van der Waals surface area contributed by atoms with Crippen molar-refractivity contribution in [1.82, 2.24) is 4.98 Å². The van der Waals surface area contributed by atoms with Crippen LogP contribution in [0, 0.1) is 11.6 Å². The van der Waals surface area contributed by atoms with Crippen LogP contribution in [-0.4, -0.2) is 16.8 Å². The molecule has 1 heterocycles. The van der Waals surface area contributed by atoms with Gasteiger partial charge < -0.3 is 10.6 Å². The van der Waals surface area contributed by atoms with Crippen molar-refractivity contribution < 1.29 is 18.4 Å². The van der Waals surface area contributed by atoms with Gasteiger partial charge in [-0.15, -0.1) is 0 Å². The SMILES string of the molecule is O=C(Nc1cccc(F)c1)c1cccc(C(=O)Nc2ccccc2F)n1. The van der Waals surface area contributed by atoms with Gasteiger partial charge in [0.25, 0.3) is 11.8 Å². The number of aromatic nitrogens is 1. The lowest BCUT2D eigenvalue weighted by Crippen LogP contribution is -2.19. The number of anilines is 2. The largest absolute Gasteiger partial charge is 0.321 e. The second-order valence-electron chi connectivity index (χ2n) is 5.31. The fourth-order valence-corrected chi connectivity index (χ4v) is 2.20. The molecule has 26 heavy (non-hydrogen) atoms. The molecule has 0 aliphatic heterocycles. The Hall–Kier alpha value is -3.61. The van der Waals surface area contributed by atoms with Crippen LogP contribution >= 0.6 is 0 Å². The van der Waals surface area contributed by atoms with Crippen molar-refractivity contribution in [1.29, 1.82) is 0 Å². The van der Waals surface area contributed by atoms with Crippen LogP contribution in [-0.2, 0) is 0 Å². The molecule has 5 nitrogen and oxygen atoms in total. The van der Waals surface area contributed by atoms with E-state index < -0.39 is 23.4 Å². The smallest absolute Gasteiger partial charge is 0.274 e. The van der Waals surface area contributed by atoms with Crippen LogP contribution in [0.15, 0.2) is 66.7 Å². The normalized spacial score (nSPS) is 10.2. The minimum absolute atomic E-state index is 0.00825. The fourth-order valence-electron chi connectivity index (χ4n) is 2.20. The zero-order chi connectivity index (χ0) is 18.5. The highest BCUT2D eigenvalue weighted by molar-refractivity contribution is 6.06. The van der Waals surface area contributed by atoms with E-state index in [0.29, 0.717) is 0 Å². The highest BCUT2D eigenvalue weighted by Crippen LogP contribution is 2.14. The molecule has 0 aliphatic rings. The van der Waals surface area contributed by atoms with Crippen LogP contribution in [0.2, 0.25) is 0 Å². The quantitative estimate of drug-likeness (QED) is 0.748. The highest BCUT2D eigenvalue weighted by Gasteiger charge is 2.14. The first kappa shape index (κ1) is 17.2. The van der Waals surface area contributed by atoms with Crippen LogP contribution in [0.3, 0.4) is 0 Å². The first-order valence-corrected chi connectivity index (χ1v) is 7.63. The molecule has 130 valence electrons. The number of benzene rings is 2. The molecular weight excluding hydrogens is 340 g/mol. The minimum atomic E-state index is -0.657. The standard InChI is InChI=1S/C19H13F2N3O2/c20-12-5-3-6-13(11-12)22-18(25)16-9-4-10-17(23-16)19(26)24-15-8-2-1-7-14(15)21/h1-11H,(H,22,25)(H,24,26). The number of nitrogens with one attached hydrogen (secondary N) is 2. The third kappa shape index (κ3) is 4.07. The molecule has 0 fully saturated rings. The molecular formula is C19H13F2N3O2. The number of hydrogen-bond acceptors (Lipinski definition) is 3. The molecule has 0 saturated carbocycles. The number of halogens is 2. The predicted octanol–water partition coefficient (Wildman–Crippen LogP) is 3.86. The molecule has 0 aliphatic carbocycles. The number of para-hydroxylation sites is 1. The summed E-state index contributed by atoms with van der Waals surface area (Å²) in [5, 5.41) is 4.88. The van der Waals surface area contributed by atoms with Crippen molar-refractivity contribution in [3.63, 3.8) is 0 Å². The molecule has 1 aromatic heterocycles. The molecule has 2 aromatic carbocycles. The highest BCUT2D eigenvalue weighted by atomic mass is 19.1. The third-order valence-corrected chi connectivity index (χ3v) is 3.42. The number of hydrogen-bond donors (Lipinski definition) is 2. The lowest BCUT2D eigenvalue weighted by molar-refractivity contribution is 0.101. The van der Waals surface area contributed by atoms with Crippen LogP contribution < -0.4 is 10.6 Å². The number of carbonyl (C=O) groups is 2. The molecule has 0 bridgehead atoms. The Morgan fingerprint density at radius 1 is 0.769 bits per heavy atom. The first-order valence-electron chi connectivity index (χ1n) is 7.63. The summed E-state index contributed by atoms with van der Waals surface area (Å²) in [6.07, 6.45) is 0. The third-order valence-electron chi connectivity index (χ3n) is 3.42. The molecule has 7 heteroatoms. The van der Waals surface area contributed by atoms with Gasteiger partial charge in [-0.25, -0.2) is 13.8 Å². The number of carbonyl (C=O) groups excluding carboxylic acids is 2. The van der Waals surface area contributed by atoms with Gasteiger partial charge in [-0.1, -0.05) is 24.3 Å². The lowest BCUT2D eigenvalue weighted by Gasteiger charge is -2.08. The second-order valence-corrected chi connectivity index (χ2v) is 5.31. The van der Waals surface area contributed by atoms with Crippen molar-refractivity contribution in [3.05, 3.63) is 89.8 Å². The fraction of sp³-hybridized carbons (Fsp3) is 0. The van der Waals surface area contributed by atoms with E-state index in [1.54, 1.807) is 6.07 Å².